The standard InChI is InChI=1S/C20H22N6/c1-14(24(2)3)15-5-7-16(8-6-15)20-21-11-12-26(20)17-9-10-19-18(13-17)22-23-25(19)4/h5-14H,1-4H3. The van der Waals surface area contributed by atoms with Crippen molar-refractivity contribution in [2.75, 3.05) is 14.1 Å². The van der Waals surface area contributed by atoms with Crippen LogP contribution in [0.3, 0.4) is 0 Å². The molecule has 0 N–H and O–H groups in total. The zero-order valence-corrected chi connectivity index (χ0v) is 15.5. The Hall–Kier alpha value is -2.99. The van der Waals surface area contributed by atoms with Gasteiger partial charge in [-0.1, -0.05) is 29.5 Å². The number of aryl methyl sites for hydroxylation is 1. The number of imidazole rings is 1. The molecule has 2 aromatic carbocycles. The molecule has 6 nitrogen and oxygen atoms in total. The van der Waals surface area contributed by atoms with Crippen LogP contribution < -0.4 is 0 Å². The Morgan fingerprint density at radius 2 is 1.81 bits per heavy atom. The molecule has 0 amide bonds. The molecule has 0 saturated heterocycles. The quantitative estimate of drug-likeness (QED) is 0.568. The Morgan fingerprint density at radius 3 is 2.54 bits per heavy atom. The Morgan fingerprint density at radius 1 is 1.04 bits per heavy atom. The first kappa shape index (κ1) is 16.5. The SMILES string of the molecule is CC(c1ccc(-c2nccn2-c2ccc3c(c2)nnn3C)cc1)N(C)C. The highest BCUT2D eigenvalue weighted by atomic mass is 15.4. The molecule has 1 unspecified atom stereocenters. The van der Waals surface area contributed by atoms with Crippen molar-refractivity contribution < 1.29 is 0 Å². The van der Waals surface area contributed by atoms with Gasteiger partial charge in [0.1, 0.15) is 11.3 Å². The topological polar surface area (TPSA) is 51.8 Å². The minimum atomic E-state index is 0.378. The van der Waals surface area contributed by atoms with Crippen LogP contribution in [0, 0.1) is 0 Å². The highest BCUT2D eigenvalue weighted by Gasteiger charge is 2.12. The molecule has 0 radical (unpaired) electrons. The first-order valence-electron chi connectivity index (χ1n) is 8.64. The fourth-order valence-electron chi connectivity index (χ4n) is 3.11. The molecular weight excluding hydrogens is 324 g/mol. The summed E-state index contributed by atoms with van der Waals surface area (Å²) in [6.07, 6.45) is 3.80. The number of rotatable bonds is 4. The second kappa shape index (κ2) is 6.38. The van der Waals surface area contributed by atoms with E-state index in [1.807, 2.05) is 31.6 Å². The van der Waals surface area contributed by atoms with Crippen LogP contribution in [0.25, 0.3) is 28.1 Å². The summed E-state index contributed by atoms with van der Waals surface area (Å²) in [5.74, 6) is 0.914. The Kier molecular flexibility index (Phi) is 4.05. The van der Waals surface area contributed by atoms with Gasteiger partial charge in [0.05, 0.1) is 5.52 Å². The molecule has 132 valence electrons. The summed E-state index contributed by atoms with van der Waals surface area (Å²) >= 11 is 0. The normalized spacial score (nSPS) is 12.8. The van der Waals surface area contributed by atoms with Gasteiger partial charge in [-0.15, -0.1) is 5.10 Å². The van der Waals surface area contributed by atoms with Gasteiger partial charge in [0, 0.05) is 36.7 Å². The van der Waals surface area contributed by atoms with Crippen molar-refractivity contribution in [3.8, 4) is 17.1 Å². The van der Waals surface area contributed by atoms with Crippen molar-refractivity contribution in [3.05, 3.63) is 60.4 Å². The van der Waals surface area contributed by atoms with Gasteiger partial charge in [-0.25, -0.2) is 9.67 Å². The summed E-state index contributed by atoms with van der Waals surface area (Å²) in [7, 11) is 6.08. The molecule has 0 spiro atoms. The summed E-state index contributed by atoms with van der Waals surface area (Å²) in [5.41, 5.74) is 5.29. The number of hydrogen-bond acceptors (Lipinski definition) is 4. The lowest BCUT2D eigenvalue weighted by Gasteiger charge is -2.20. The summed E-state index contributed by atoms with van der Waals surface area (Å²) < 4.78 is 3.86. The van der Waals surface area contributed by atoms with Crippen molar-refractivity contribution in [2.24, 2.45) is 7.05 Å². The van der Waals surface area contributed by atoms with Gasteiger partial charge in [-0.2, -0.15) is 0 Å². The molecule has 1 atom stereocenters. The molecule has 4 aromatic rings. The van der Waals surface area contributed by atoms with Gasteiger partial charge >= 0.3 is 0 Å². The van der Waals surface area contributed by atoms with Crippen molar-refractivity contribution in [2.45, 2.75) is 13.0 Å². The maximum Gasteiger partial charge on any atom is 0.144 e. The number of benzene rings is 2. The van der Waals surface area contributed by atoms with Crippen molar-refractivity contribution in [1.29, 1.82) is 0 Å². The zero-order valence-electron chi connectivity index (χ0n) is 15.5. The average molecular weight is 346 g/mol. The monoisotopic (exact) mass is 346 g/mol. The van der Waals surface area contributed by atoms with E-state index in [-0.39, 0.29) is 0 Å². The minimum Gasteiger partial charge on any atom is -0.303 e. The maximum absolute atomic E-state index is 4.57. The predicted octanol–water partition coefficient (Wildman–Crippen LogP) is 3.44. The summed E-state index contributed by atoms with van der Waals surface area (Å²) in [6.45, 7) is 2.20. The highest BCUT2D eigenvalue weighted by Crippen LogP contribution is 2.26. The van der Waals surface area contributed by atoms with Gasteiger partial charge in [-0.3, -0.25) is 4.57 Å². The molecule has 0 saturated carbocycles. The van der Waals surface area contributed by atoms with Crippen LogP contribution in [0.4, 0.5) is 0 Å². The Bertz CT molecular complexity index is 1040. The molecule has 26 heavy (non-hydrogen) atoms. The average Bonchev–Trinajstić information content (AvgIpc) is 3.28. The molecule has 0 aliphatic carbocycles. The third kappa shape index (κ3) is 2.78. The maximum atomic E-state index is 4.57. The molecule has 0 fully saturated rings. The van der Waals surface area contributed by atoms with E-state index in [0.29, 0.717) is 6.04 Å². The van der Waals surface area contributed by atoms with E-state index >= 15 is 0 Å². The van der Waals surface area contributed by atoms with E-state index in [2.05, 4.69) is 76.1 Å². The van der Waals surface area contributed by atoms with E-state index in [1.54, 1.807) is 4.68 Å². The third-order valence-electron chi connectivity index (χ3n) is 4.94. The molecular formula is C20H22N6. The lowest BCUT2D eigenvalue weighted by molar-refractivity contribution is 0.321. The first-order chi connectivity index (χ1) is 12.5. The zero-order chi connectivity index (χ0) is 18.3. The second-order valence-corrected chi connectivity index (χ2v) is 6.77. The number of aromatic nitrogens is 5. The number of nitrogens with zero attached hydrogens (tertiary/aromatic N) is 6. The lowest BCUT2D eigenvalue weighted by atomic mass is 10.1. The van der Waals surface area contributed by atoms with Crippen molar-refractivity contribution in [3.63, 3.8) is 0 Å². The smallest absolute Gasteiger partial charge is 0.144 e. The second-order valence-electron chi connectivity index (χ2n) is 6.77. The van der Waals surface area contributed by atoms with Gasteiger partial charge in [-0.05, 0) is 44.8 Å². The van der Waals surface area contributed by atoms with Crippen LogP contribution in [0.15, 0.2) is 54.9 Å². The van der Waals surface area contributed by atoms with Crippen LogP contribution in [0.1, 0.15) is 18.5 Å². The van der Waals surface area contributed by atoms with E-state index in [1.165, 1.54) is 5.56 Å². The summed E-state index contributed by atoms with van der Waals surface area (Å²) in [6, 6.07) is 15.1. The van der Waals surface area contributed by atoms with E-state index in [9.17, 15) is 0 Å². The van der Waals surface area contributed by atoms with Crippen molar-refractivity contribution in [1.82, 2.24) is 29.4 Å². The molecule has 2 aromatic heterocycles. The van der Waals surface area contributed by atoms with Gasteiger partial charge in [0.15, 0.2) is 0 Å². The molecule has 4 rings (SSSR count). The first-order valence-corrected chi connectivity index (χ1v) is 8.64. The van der Waals surface area contributed by atoms with E-state index < -0.39 is 0 Å². The number of hydrogen-bond donors (Lipinski definition) is 0. The minimum absolute atomic E-state index is 0.378. The van der Waals surface area contributed by atoms with Crippen LogP contribution in [0.5, 0.6) is 0 Å². The van der Waals surface area contributed by atoms with Crippen molar-refractivity contribution >= 4 is 11.0 Å². The molecule has 2 heterocycles. The Labute approximate surface area is 152 Å². The fraction of sp³-hybridized carbons (Fsp3) is 0.250. The lowest BCUT2D eigenvalue weighted by Crippen LogP contribution is -2.16. The van der Waals surface area contributed by atoms with Crippen LogP contribution >= 0.6 is 0 Å². The van der Waals surface area contributed by atoms with E-state index in [4.69, 9.17) is 0 Å². The number of fused-ring (bicyclic) bond motifs is 1. The van der Waals surface area contributed by atoms with Gasteiger partial charge in [0.2, 0.25) is 0 Å². The fourth-order valence-corrected chi connectivity index (χ4v) is 3.11. The Balaban J connectivity index is 1.72. The van der Waals surface area contributed by atoms with Gasteiger partial charge < -0.3 is 4.90 Å². The molecule has 6 heteroatoms. The van der Waals surface area contributed by atoms with Crippen LogP contribution in [-0.4, -0.2) is 43.5 Å². The highest BCUT2D eigenvalue weighted by molar-refractivity contribution is 5.77. The van der Waals surface area contributed by atoms with E-state index in [0.717, 1.165) is 28.1 Å². The largest absolute Gasteiger partial charge is 0.303 e. The van der Waals surface area contributed by atoms with Crippen LogP contribution in [0.2, 0.25) is 0 Å². The third-order valence-corrected chi connectivity index (χ3v) is 4.94. The summed E-state index contributed by atoms with van der Waals surface area (Å²) in [4.78, 5) is 6.77. The predicted molar refractivity (Wildman–Crippen MR) is 103 cm³/mol. The molecule has 0 aliphatic heterocycles. The van der Waals surface area contributed by atoms with Crippen LogP contribution in [-0.2, 0) is 7.05 Å². The molecule has 0 bridgehead atoms. The molecule has 0 aliphatic rings. The summed E-state index contributed by atoms with van der Waals surface area (Å²) in [5, 5.41) is 8.29. The van der Waals surface area contributed by atoms with Gasteiger partial charge in [0.25, 0.3) is 0 Å².